The number of aromatic nitrogens is 1. The van der Waals surface area contributed by atoms with Crippen LogP contribution in [-0.4, -0.2) is 11.2 Å². The van der Waals surface area contributed by atoms with Gasteiger partial charge in [0.25, 0.3) is 0 Å². The van der Waals surface area contributed by atoms with Crippen molar-refractivity contribution in [3.05, 3.63) is 59.2 Å². The summed E-state index contributed by atoms with van der Waals surface area (Å²) in [4.78, 5) is 5.88. The second-order valence-electron chi connectivity index (χ2n) is 4.67. The standard InChI is InChI=1S/C17H16N2S2/c1-12(18-13-7-3-5-9-15(13)20-2)11-17-19-14-8-4-6-10-16(14)21-17/h3-11,18H,1-2H3. The molecule has 0 saturated heterocycles. The largest absolute Gasteiger partial charge is 0.358 e. The van der Waals surface area contributed by atoms with Gasteiger partial charge in [0.2, 0.25) is 0 Å². The van der Waals surface area contributed by atoms with Crippen molar-refractivity contribution in [1.82, 2.24) is 4.98 Å². The van der Waals surface area contributed by atoms with Crippen molar-refractivity contribution in [2.45, 2.75) is 11.8 Å². The summed E-state index contributed by atoms with van der Waals surface area (Å²) in [6.45, 7) is 2.07. The summed E-state index contributed by atoms with van der Waals surface area (Å²) in [6, 6.07) is 16.6. The minimum absolute atomic E-state index is 1.03. The van der Waals surface area contributed by atoms with Gasteiger partial charge in [0, 0.05) is 10.6 Å². The summed E-state index contributed by atoms with van der Waals surface area (Å²) in [5.41, 5.74) is 3.29. The third-order valence-corrected chi connectivity index (χ3v) is 4.87. The van der Waals surface area contributed by atoms with Gasteiger partial charge in [-0.2, -0.15) is 0 Å². The predicted octanol–water partition coefficient (Wildman–Crippen LogP) is 5.49. The second-order valence-corrected chi connectivity index (χ2v) is 6.58. The van der Waals surface area contributed by atoms with Crippen LogP contribution in [0.2, 0.25) is 0 Å². The van der Waals surface area contributed by atoms with Crippen molar-refractivity contribution in [3.8, 4) is 0 Å². The van der Waals surface area contributed by atoms with Crippen molar-refractivity contribution < 1.29 is 0 Å². The van der Waals surface area contributed by atoms with Crippen LogP contribution in [-0.2, 0) is 0 Å². The molecule has 0 aliphatic rings. The summed E-state index contributed by atoms with van der Waals surface area (Å²) < 4.78 is 1.22. The molecule has 0 bridgehead atoms. The minimum Gasteiger partial charge on any atom is -0.358 e. The van der Waals surface area contributed by atoms with E-state index in [0.29, 0.717) is 0 Å². The summed E-state index contributed by atoms with van der Waals surface area (Å²) in [6.07, 6.45) is 4.19. The van der Waals surface area contributed by atoms with Crippen molar-refractivity contribution in [1.29, 1.82) is 0 Å². The number of benzene rings is 2. The normalized spacial score (nSPS) is 11.8. The third kappa shape index (κ3) is 3.28. The molecule has 1 N–H and O–H groups in total. The van der Waals surface area contributed by atoms with Gasteiger partial charge in [-0.3, -0.25) is 0 Å². The van der Waals surface area contributed by atoms with Crippen LogP contribution in [0.1, 0.15) is 11.9 Å². The van der Waals surface area contributed by atoms with E-state index in [-0.39, 0.29) is 0 Å². The number of fused-ring (bicyclic) bond motifs is 1. The molecule has 0 radical (unpaired) electrons. The number of allylic oxidation sites excluding steroid dienone is 1. The average molecular weight is 312 g/mol. The third-order valence-electron chi connectivity index (χ3n) is 3.09. The van der Waals surface area contributed by atoms with Crippen molar-refractivity contribution in [2.24, 2.45) is 0 Å². The molecule has 0 atom stereocenters. The zero-order chi connectivity index (χ0) is 14.7. The zero-order valence-electron chi connectivity index (χ0n) is 12.0. The van der Waals surface area contributed by atoms with E-state index < -0.39 is 0 Å². The van der Waals surface area contributed by atoms with E-state index in [4.69, 9.17) is 0 Å². The number of hydrogen-bond acceptors (Lipinski definition) is 4. The van der Waals surface area contributed by atoms with Crippen LogP contribution in [0.25, 0.3) is 16.3 Å². The zero-order valence-corrected chi connectivity index (χ0v) is 13.6. The minimum atomic E-state index is 1.03. The highest BCUT2D eigenvalue weighted by atomic mass is 32.2. The molecule has 0 aliphatic heterocycles. The highest BCUT2D eigenvalue weighted by Gasteiger charge is 2.03. The number of para-hydroxylation sites is 2. The number of thiazole rings is 1. The summed E-state index contributed by atoms with van der Waals surface area (Å²) >= 11 is 3.46. The Morgan fingerprint density at radius 1 is 1.14 bits per heavy atom. The number of thioether (sulfide) groups is 1. The Morgan fingerprint density at radius 2 is 1.90 bits per heavy atom. The van der Waals surface area contributed by atoms with Gasteiger partial charge in [-0.15, -0.1) is 23.1 Å². The van der Waals surface area contributed by atoms with Gasteiger partial charge in [-0.05, 0) is 43.5 Å². The molecule has 0 unspecified atom stereocenters. The lowest BCUT2D eigenvalue weighted by Gasteiger charge is -2.10. The Morgan fingerprint density at radius 3 is 2.71 bits per heavy atom. The van der Waals surface area contributed by atoms with Gasteiger partial charge in [-0.1, -0.05) is 24.3 Å². The molecule has 1 aromatic heterocycles. The van der Waals surface area contributed by atoms with Crippen LogP contribution >= 0.6 is 23.1 Å². The van der Waals surface area contributed by atoms with E-state index in [1.165, 1.54) is 9.60 Å². The SMILES string of the molecule is CSc1ccccc1NC(C)=Cc1nc2ccccc2s1. The first-order chi connectivity index (χ1) is 10.3. The Kier molecular flexibility index (Phi) is 4.27. The molecular formula is C17H16N2S2. The molecule has 4 heteroatoms. The van der Waals surface area contributed by atoms with Gasteiger partial charge >= 0.3 is 0 Å². The first-order valence-electron chi connectivity index (χ1n) is 6.70. The molecule has 0 spiro atoms. The lowest BCUT2D eigenvalue weighted by molar-refractivity contribution is 1.33. The molecule has 2 aromatic carbocycles. The van der Waals surface area contributed by atoms with Crippen LogP contribution in [0.5, 0.6) is 0 Å². The molecule has 21 heavy (non-hydrogen) atoms. The second kappa shape index (κ2) is 6.33. The van der Waals surface area contributed by atoms with E-state index in [9.17, 15) is 0 Å². The molecule has 0 aliphatic carbocycles. The number of rotatable bonds is 4. The molecule has 0 fully saturated rings. The Balaban J connectivity index is 1.85. The van der Waals surface area contributed by atoms with Crippen molar-refractivity contribution in [3.63, 3.8) is 0 Å². The van der Waals surface area contributed by atoms with Crippen LogP contribution in [0.4, 0.5) is 5.69 Å². The van der Waals surface area contributed by atoms with Crippen LogP contribution < -0.4 is 5.32 Å². The van der Waals surface area contributed by atoms with Gasteiger partial charge in [0.05, 0.1) is 15.9 Å². The predicted molar refractivity (Wildman–Crippen MR) is 95.1 cm³/mol. The van der Waals surface area contributed by atoms with E-state index in [1.807, 2.05) is 18.2 Å². The van der Waals surface area contributed by atoms with E-state index in [2.05, 4.69) is 59.9 Å². The molecule has 106 valence electrons. The van der Waals surface area contributed by atoms with Crippen molar-refractivity contribution in [2.75, 3.05) is 11.6 Å². The van der Waals surface area contributed by atoms with Crippen LogP contribution in [0, 0.1) is 0 Å². The number of nitrogens with one attached hydrogen (secondary N) is 1. The highest BCUT2D eigenvalue weighted by Crippen LogP contribution is 2.27. The molecule has 1 heterocycles. The molecule has 0 saturated carbocycles. The number of nitrogens with zero attached hydrogens (tertiary/aromatic N) is 1. The van der Waals surface area contributed by atoms with E-state index in [0.717, 1.165) is 21.9 Å². The van der Waals surface area contributed by atoms with Gasteiger partial charge in [0.1, 0.15) is 5.01 Å². The van der Waals surface area contributed by atoms with Crippen molar-refractivity contribution >= 4 is 45.1 Å². The number of anilines is 1. The summed E-state index contributed by atoms with van der Waals surface area (Å²) in [5.74, 6) is 0. The quantitative estimate of drug-likeness (QED) is 0.645. The van der Waals surface area contributed by atoms with E-state index >= 15 is 0 Å². The molecule has 0 amide bonds. The maximum Gasteiger partial charge on any atom is 0.119 e. The monoisotopic (exact) mass is 312 g/mol. The summed E-state index contributed by atoms with van der Waals surface area (Å²) in [7, 11) is 0. The van der Waals surface area contributed by atoms with Gasteiger partial charge < -0.3 is 5.32 Å². The number of hydrogen-bond donors (Lipinski definition) is 1. The van der Waals surface area contributed by atoms with E-state index in [1.54, 1.807) is 23.1 Å². The van der Waals surface area contributed by atoms with Crippen LogP contribution in [0.3, 0.4) is 0 Å². The first kappa shape index (κ1) is 14.2. The molecule has 3 aromatic rings. The average Bonchev–Trinajstić information content (AvgIpc) is 2.89. The first-order valence-corrected chi connectivity index (χ1v) is 8.74. The fourth-order valence-electron chi connectivity index (χ4n) is 2.13. The fraction of sp³-hybridized carbons (Fsp3) is 0.118. The fourth-order valence-corrected chi connectivity index (χ4v) is 3.66. The Labute approximate surface area is 132 Å². The topological polar surface area (TPSA) is 24.9 Å². The lowest BCUT2D eigenvalue weighted by Crippen LogP contribution is -1.96. The maximum absolute atomic E-state index is 4.63. The maximum atomic E-state index is 4.63. The molecule has 3 rings (SSSR count). The van der Waals surface area contributed by atoms with Gasteiger partial charge in [0.15, 0.2) is 0 Å². The smallest absolute Gasteiger partial charge is 0.119 e. The molecule has 2 nitrogen and oxygen atoms in total. The highest BCUT2D eigenvalue weighted by molar-refractivity contribution is 7.98. The molecular weight excluding hydrogens is 296 g/mol. The van der Waals surface area contributed by atoms with Crippen LogP contribution in [0.15, 0.2) is 59.1 Å². The summed E-state index contributed by atoms with van der Waals surface area (Å²) in [5, 5.41) is 4.49. The van der Waals surface area contributed by atoms with Gasteiger partial charge in [-0.25, -0.2) is 4.98 Å². The Hall–Kier alpha value is -1.78. The lowest BCUT2D eigenvalue weighted by atomic mass is 10.3. The Bertz CT molecular complexity index is 757.